The molecule has 0 aliphatic carbocycles. The number of piperidine rings is 1. The van der Waals surface area contributed by atoms with Crippen LogP contribution in [-0.2, 0) is 0 Å². The Labute approximate surface area is 114 Å². The Kier molecular flexibility index (Phi) is 4.24. The number of nitrogens with one attached hydrogen (secondary N) is 3. The molecule has 0 aromatic carbocycles. The van der Waals surface area contributed by atoms with Crippen molar-refractivity contribution in [2.75, 3.05) is 25.0 Å². The summed E-state index contributed by atoms with van der Waals surface area (Å²) in [5, 5.41) is 6.74. The molecule has 19 heavy (non-hydrogen) atoms. The van der Waals surface area contributed by atoms with Crippen LogP contribution in [-0.4, -0.2) is 29.6 Å². The van der Waals surface area contributed by atoms with E-state index in [0.29, 0.717) is 5.82 Å². The van der Waals surface area contributed by atoms with E-state index in [2.05, 4.69) is 27.5 Å². The number of rotatable bonds is 4. The lowest BCUT2D eigenvalue weighted by Crippen LogP contribution is -2.42. The van der Waals surface area contributed by atoms with Crippen LogP contribution in [0.4, 0.5) is 5.82 Å². The molecule has 5 heteroatoms. The average Bonchev–Trinajstić information content (AvgIpc) is 2.37. The molecule has 1 aliphatic rings. The molecule has 0 spiro atoms. The second-order valence-electron chi connectivity index (χ2n) is 6.12. The highest BCUT2D eigenvalue weighted by Crippen LogP contribution is 2.25. The maximum Gasteiger partial charge on any atom is 0.252 e. The molecule has 3 N–H and O–H groups in total. The van der Waals surface area contributed by atoms with Crippen LogP contribution in [0.3, 0.4) is 0 Å². The predicted molar refractivity (Wildman–Crippen MR) is 77.6 cm³/mol. The zero-order valence-electron chi connectivity index (χ0n) is 12.0. The van der Waals surface area contributed by atoms with Crippen molar-refractivity contribution in [3.63, 3.8) is 0 Å². The molecule has 2 heterocycles. The van der Waals surface area contributed by atoms with Crippen molar-refractivity contribution >= 4 is 5.82 Å². The number of aromatic nitrogens is 2. The number of hydrogen-bond acceptors (Lipinski definition) is 4. The summed E-state index contributed by atoms with van der Waals surface area (Å²) >= 11 is 0. The Balaban J connectivity index is 2.04. The largest absolute Gasteiger partial charge is 0.369 e. The van der Waals surface area contributed by atoms with E-state index in [0.717, 1.165) is 25.5 Å². The van der Waals surface area contributed by atoms with E-state index in [1.54, 1.807) is 0 Å². The van der Waals surface area contributed by atoms with Crippen molar-refractivity contribution in [2.45, 2.75) is 39.5 Å². The second-order valence-corrected chi connectivity index (χ2v) is 6.12. The minimum atomic E-state index is -0.0897. The quantitative estimate of drug-likeness (QED) is 0.774. The zero-order valence-corrected chi connectivity index (χ0v) is 12.0. The van der Waals surface area contributed by atoms with Crippen LogP contribution in [0.25, 0.3) is 0 Å². The number of nitrogens with zero attached hydrogens (tertiary/aromatic N) is 1. The summed E-state index contributed by atoms with van der Waals surface area (Å²) in [6.45, 7) is 9.27. The first kappa shape index (κ1) is 14.1. The van der Waals surface area contributed by atoms with E-state index in [1.165, 1.54) is 18.9 Å². The molecule has 1 unspecified atom stereocenters. The van der Waals surface area contributed by atoms with Crippen LogP contribution in [0.1, 0.15) is 45.4 Å². The Bertz CT molecular complexity index is 475. The number of hydrogen-bond donors (Lipinski definition) is 3. The smallest absolute Gasteiger partial charge is 0.252 e. The third-order valence-electron chi connectivity index (χ3n) is 3.69. The Morgan fingerprint density at radius 3 is 2.95 bits per heavy atom. The van der Waals surface area contributed by atoms with Gasteiger partial charge in [0.05, 0.1) is 0 Å². The Morgan fingerprint density at radius 2 is 2.32 bits per heavy atom. The van der Waals surface area contributed by atoms with Gasteiger partial charge in [0.25, 0.3) is 5.56 Å². The molecule has 0 radical (unpaired) electrons. The fourth-order valence-electron chi connectivity index (χ4n) is 2.41. The van der Waals surface area contributed by atoms with Crippen LogP contribution in [0.2, 0.25) is 0 Å². The fourth-order valence-corrected chi connectivity index (χ4v) is 2.41. The first-order chi connectivity index (χ1) is 8.98. The van der Waals surface area contributed by atoms with Crippen LogP contribution in [0, 0.1) is 5.41 Å². The van der Waals surface area contributed by atoms with Gasteiger partial charge in [-0.3, -0.25) is 4.79 Å². The first-order valence-electron chi connectivity index (χ1n) is 7.04. The van der Waals surface area contributed by atoms with E-state index in [-0.39, 0.29) is 16.9 Å². The van der Waals surface area contributed by atoms with Gasteiger partial charge in [-0.2, -0.15) is 0 Å². The normalized spacial score (nSPS) is 23.6. The summed E-state index contributed by atoms with van der Waals surface area (Å²) in [4.78, 5) is 18.8. The maximum atomic E-state index is 11.6. The van der Waals surface area contributed by atoms with Gasteiger partial charge in [-0.15, -0.1) is 0 Å². The zero-order chi connectivity index (χ0) is 13.9. The SMILES string of the molecule is CC(C)c1nc(NCC2(C)CCCNC2)cc(=O)[nH]1. The molecule has 0 saturated carbocycles. The van der Waals surface area contributed by atoms with Gasteiger partial charge in [0.15, 0.2) is 0 Å². The van der Waals surface area contributed by atoms with Crippen molar-refractivity contribution in [1.82, 2.24) is 15.3 Å². The maximum absolute atomic E-state index is 11.6. The molecule has 1 atom stereocenters. The molecule has 106 valence electrons. The molecule has 0 bridgehead atoms. The molecule has 1 fully saturated rings. The monoisotopic (exact) mass is 264 g/mol. The van der Waals surface area contributed by atoms with Gasteiger partial charge in [0.2, 0.25) is 0 Å². The van der Waals surface area contributed by atoms with Crippen molar-refractivity contribution in [3.05, 3.63) is 22.2 Å². The summed E-state index contributed by atoms with van der Waals surface area (Å²) in [6, 6.07) is 1.53. The highest BCUT2D eigenvalue weighted by Gasteiger charge is 2.26. The molecule has 1 saturated heterocycles. The standard InChI is InChI=1S/C14H24N4O/c1-10(2)13-17-11(7-12(19)18-13)16-9-14(3)5-4-6-15-8-14/h7,10,15H,4-6,8-9H2,1-3H3,(H2,16,17,18,19). The summed E-state index contributed by atoms with van der Waals surface area (Å²) in [7, 11) is 0. The minimum Gasteiger partial charge on any atom is -0.369 e. The Morgan fingerprint density at radius 1 is 1.53 bits per heavy atom. The van der Waals surface area contributed by atoms with E-state index < -0.39 is 0 Å². The average molecular weight is 264 g/mol. The van der Waals surface area contributed by atoms with Gasteiger partial charge in [0, 0.05) is 25.1 Å². The van der Waals surface area contributed by atoms with Gasteiger partial charge >= 0.3 is 0 Å². The first-order valence-corrected chi connectivity index (χ1v) is 7.04. The van der Waals surface area contributed by atoms with Crippen LogP contribution < -0.4 is 16.2 Å². The minimum absolute atomic E-state index is 0.0897. The van der Waals surface area contributed by atoms with Gasteiger partial charge in [0.1, 0.15) is 11.6 Å². The van der Waals surface area contributed by atoms with Crippen molar-refractivity contribution in [2.24, 2.45) is 5.41 Å². The van der Waals surface area contributed by atoms with Crippen molar-refractivity contribution < 1.29 is 0 Å². The van der Waals surface area contributed by atoms with Crippen LogP contribution in [0.15, 0.2) is 10.9 Å². The topological polar surface area (TPSA) is 69.8 Å². The summed E-state index contributed by atoms with van der Waals surface area (Å²) < 4.78 is 0. The van der Waals surface area contributed by atoms with Gasteiger partial charge < -0.3 is 15.6 Å². The third-order valence-corrected chi connectivity index (χ3v) is 3.69. The lowest BCUT2D eigenvalue weighted by molar-refractivity contribution is 0.253. The second kappa shape index (κ2) is 5.74. The van der Waals surface area contributed by atoms with Crippen LogP contribution in [0.5, 0.6) is 0 Å². The molecule has 1 aliphatic heterocycles. The van der Waals surface area contributed by atoms with E-state index in [9.17, 15) is 4.79 Å². The summed E-state index contributed by atoms with van der Waals surface area (Å²) in [5.41, 5.74) is 0.147. The molecule has 0 amide bonds. The molecular formula is C14H24N4O. The van der Waals surface area contributed by atoms with Gasteiger partial charge in [-0.1, -0.05) is 20.8 Å². The van der Waals surface area contributed by atoms with Gasteiger partial charge in [-0.05, 0) is 24.8 Å². The molecule has 5 nitrogen and oxygen atoms in total. The van der Waals surface area contributed by atoms with Crippen molar-refractivity contribution in [3.8, 4) is 0 Å². The molecule has 1 aromatic heterocycles. The van der Waals surface area contributed by atoms with E-state index in [4.69, 9.17) is 0 Å². The van der Waals surface area contributed by atoms with Crippen LogP contribution >= 0.6 is 0 Å². The number of aromatic amines is 1. The third kappa shape index (κ3) is 3.80. The highest BCUT2D eigenvalue weighted by molar-refractivity contribution is 5.33. The van der Waals surface area contributed by atoms with E-state index >= 15 is 0 Å². The lowest BCUT2D eigenvalue weighted by atomic mass is 9.83. The number of anilines is 1. The van der Waals surface area contributed by atoms with E-state index in [1.807, 2.05) is 13.8 Å². The van der Waals surface area contributed by atoms with Gasteiger partial charge in [-0.25, -0.2) is 4.98 Å². The predicted octanol–water partition coefficient (Wildman–Crippen LogP) is 1.69. The fraction of sp³-hybridized carbons (Fsp3) is 0.714. The molecule has 1 aromatic rings. The molecular weight excluding hydrogens is 240 g/mol. The van der Waals surface area contributed by atoms with Crippen molar-refractivity contribution in [1.29, 1.82) is 0 Å². The highest BCUT2D eigenvalue weighted by atomic mass is 16.1. The number of H-pyrrole nitrogens is 1. The summed E-state index contributed by atoms with van der Waals surface area (Å²) in [6.07, 6.45) is 2.41. The summed E-state index contributed by atoms with van der Waals surface area (Å²) in [5.74, 6) is 1.64. The molecule has 2 rings (SSSR count). The Hall–Kier alpha value is -1.36. The lowest BCUT2D eigenvalue weighted by Gasteiger charge is -2.34.